The lowest BCUT2D eigenvalue weighted by molar-refractivity contribution is -0.119. The van der Waals surface area contributed by atoms with E-state index in [-0.39, 0.29) is 21.5 Å². The van der Waals surface area contributed by atoms with Gasteiger partial charge in [-0.1, -0.05) is 11.8 Å². The molecule has 2 heterocycles. The highest BCUT2D eigenvalue weighted by Gasteiger charge is 2.25. The van der Waals surface area contributed by atoms with Crippen LogP contribution in [0.4, 0.5) is 13.8 Å². The Morgan fingerprint density at radius 3 is 2.75 bits per heavy atom. The second-order valence-electron chi connectivity index (χ2n) is 5.90. The second-order valence-corrected chi connectivity index (χ2v) is 8.95. The van der Waals surface area contributed by atoms with Crippen LogP contribution in [0.15, 0.2) is 16.3 Å². The second kappa shape index (κ2) is 9.01. The summed E-state index contributed by atoms with van der Waals surface area (Å²) in [5, 5.41) is 4.43. The molecule has 28 heavy (non-hydrogen) atoms. The number of primary amides is 1. The molecular weight excluding hydrogens is 430 g/mol. The first kappa shape index (κ1) is 20.7. The summed E-state index contributed by atoms with van der Waals surface area (Å²) in [6, 6.07) is 1.40. The minimum atomic E-state index is -2.67. The number of hydrogen-bond donors (Lipinski definition) is 2. The van der Waals surface area contributed by atoms with Crippen molar-refractivity contribution in [3.8, 4) is 0 Å². The van der Waals surface area contributed by atoms with Crippen molar-refractivity contribution in [2.45, 2.75) is 36.3 Å². The molecule has 1 aliphatic carbocycles. The van der Waals surface area contributed by atoms with E-state index < -0.39 is 30.1 Å². The number of rotatable bonds is 7. The summed E-state index contributed by atoms with van der Waals surface area (Å²) in [6.45, 7) is -0.601. The zero-order valence-corrected chi connectivity index (χ0v) is 16.9. The molecule has 0 fully saturated rings. The van der Waals surface area contributed by atoms with E-state index in [1.54, 1.807) is 0 Å². The highest BCUT2D eigenvalue weighted by atomic mass is 32.2. The van der Waals surface area contributed by atoms with Gasteiger partial charge in [-0.25, -0.2) is 4.79 Å². The monoisotopic (exact) mass is 446 g/mol. The molecule has 0 spiro atoms. The molecule has 0 unspecified atom stereocenters. The number of anilines is 1. The normalized spacial score (nSPS) is 13.2. The van der Waals surface area contributed by atoms with Gasteiger partial charge < -0.3 is 15.8 Å². The molecule has 0 aliphatic heterocycles. The first-order valence-electron chi connectivity index (χ1n) is 8.30. The van der Waals surface area contributed by atoms with Crippen molar-refractivity contribution < 1.29 is 27.9 Å². The predicted molar refractivity (Wildman–Crippen MR) is 105 cm³/mol. The van der Waals surface area contributed by atoms with Crippen molar-refractivity contribution in [3.63, 3.8) is 0 Å². The Morgan fingerprint density at radius 2 is 2.04 bits per heavy atom. The fraction of sp³-hybridized carbons (Fsp3) is 0.353. The summed E-state index contributed by atoms with van der Waals surface area (Å²) >= 11 is 2.51. The lowest BCUT2D eigenvalue weighted by Gasteiger charge is -2.11. The topological polar surface area (TPSA) is 98.5 Å². The minimum absolute atomic E-state index is 0.0162. The van der Waals surface area contributed by atoms with Crippen LogP contribution in [0.5, 0.6) is 0 Å². The Hall–Kier alpha value is -1.98. The van der Waals surface area contributed by atoms with Crippen LogP contribution >= 0.6 is 34.4 Å². The van der Waals surface area contributed by atoms with Crippen LogP contribution in [0.2, 0.25) is 0 Å². The van der Waals surface area contributed by atoms with Gasteiger partial charge in [-0.2, -0.15) is 8.78 Å². The van der Waals surface area contributed by atoms with Gasteiger partial charge in [0.2, 0.25) is 0 Å². The maximum Gasteiger partial charge on any atom is 0.349 e. The molecule has 150 valence electrons. The predicted octanol–water partition coefficient (Wildman–Crippen LogP) is 3.90. The van der Waals surface area contributed by atoms with Crippen LogP contribution < -0.4 is 11.1 Å². The maximum absolute atomic E-state index is 12.5. The zero-order chi connectivity index (χ0) is 20.3. The van der Waals surface area contributed by atoms with E-state index in [0.29, 0.717) is 10.6 Å². The number of thiophene rings is 2. The number of hydrogen-bond acceptors (Lipinski definition) is 7. The molecule has 11 heteroatoms. The van der Waals surface area contributed by atoms with Crippen molar-refractivity contribution in [1.29, 1.82) is 0 Å². The molecule has 0 saturated carbocycles. The lowest BCUT2D eigenvalue weighted by Crippen LogP contribution is -2.22. The van der Waals surface area contributed by atoms with Crippen molar-refractivity contribution in [2.75, 3.05) is 11.9 Å². The van der Waals surface area contributed by atoms with E-state index >= 15 is 0 Å². The number of nitrogens with one attached hydrogen (secondary N) is 1. The van der Waals surface area contributed by atoms with Gasteiger partial charge in [-0.05, 0) is 42.7 Å². The molecule has 6 nitrogen and oxygen atoms in total. The number of carbonyl (C=O) groups is 3. The Morgan fingerprint density at radius 1 is 1.29 bits per heavy atom. The highest BCUT2D eigenvalue weighted by Crippen LogP contribution is 2.38. The van der Waals surface area contributed by atoms with Gasteiger partial charge in [0.15, 0.2) is 6.61 Å². The average molecular weight is 447 g/mol. The Labute approximate surface area is 171 Å². The van der Waals surface area contributed by atoms with Gasteiger partial charge in [0.05, 0.1) is 5.56 Å². The van der Waals surface area contributed by atoms with Gasteiger partial charge in [0, 0.05) is 9.77 Å². The third-order valence-electron chi connectivity index (χ3n) is 4.04. The Kier molecular flexibility index (Phi) is 6.68. The van der Waals surface area contributed by atoms with Crippen LogP contribution in [0.25, 0.3) is 0 Å². The summed E-state index contributed by atoms with van der Waals surface area (Å²) in [7, 11) is 0. The Bertz CT molecular complexity index is 910. The van der Waals surface area contributed by atoms with Crippen LogP contribution in [0.3, 0.4) is 0 Å². The van der Waals surface area contributed by atoms with E-state index in [9.17, 15) is 23.2 Å². The number of amides is 2. The number of halogens is 2. The van der Waals surface area contributed by atoms with Gasteiger partial charge in [-0.15, -0.1) is 22.7 Å². The molecule has 0 atom stereocenters. The van der Waals surface area contributed by atoms with Crippen LogP contribution in [-0.4, -0.2) is 30.1 Å². The summed E-state index contributed by atoms with van der Waals surface area (Å²) in [4.78, 5) is 37.2. The molecule has 2 aromatic rings. The average Bonchev–Trinajstić information content (AvgIpc) is 3.22. The summed E-state index contributed by atoms with van der Waals surface area (Å²) in [6.07, 6.45) is 3.53. The number of aryl methyl sites for hydroxylation is 1. The number of esters is 1. The number of alkyl halides is 2. The SMILES string of the molecule is NC(=O)c1c(NC(=O)COC(=O)c2sccc2SC(F)F)sc2c1CCCC2. The van der Waals surface area contributed by atoms with E-state index in [1.807, 2.05) is 0 Å². The summed E-state index contributed by atoms with van der Waals surface area (Å²) < 4.78 is 30.0. The summed E-state index contributed by atoms with van der Waals surface area (Å²) in [5.41, 5.74) is 6.66. The van der Waals surface area contributed by atoms with Gasteiger partial charge in [0.25, 0.3) is 17.6 Å². The van der Waals surface area contributed by atoms with Gasteiger partial charge in [-0.3, -0.25) is 9.59 Å². The Balaban J connectivity index is 1.64. The third-order valence-corrected chi connectivity index (χ3v) is 7.04. The standard InChI is InChI=1S/C17H16F2N2O4S3/c18-17(19)28-10-5-6-26-13(10)16(24)25-7-11(22)21-15-12(14(20)23)8-3-1-2-4-9(8)27-15/h5-6,17H,1-4,7H2,(H2,20,23)(H,21,22). The fourth-order valence-electron chi connectivity index (χ4n) is 2.91. The van der Waals surface area contributed by atoms with Crippen LogP contribution in [0, 0.1) is 0 Å². The van der Waals surface area contributed by atoms with Crippen molar-refractivity contribution in [1.82, 2.24) is 0 Å². The quantitative estimate of drug-likeness (QED) is 0.497. The third kappa shape index (κ3) is 4.70. The first-order valence-corrected chi connectivity index (χ1v) is 10.9. The zero-order valence-electron chi connectivity index (χ0n) is 14.5. The van der Waals surface area contributed by atoms with E-state index in [1.165, 1.54) is 22.8 Å². The largest absolute Gasteiger partial charge is 0.451 e. The molecular formula is C17H16F2N2O4S3. The fourth-order valence-corrected chi connectivity index (χ4v) is 5.80. The minimum Gasteiger partial charge on any atom is -0.451 e. The molecule has 1 aliphatic rings. The van der Waals surface area contributed by atoms with Gasteiger partial charge in [0.1, 0.15) is 9.88 Å². The number of nitrogens with two attached hydrogens (primary N) is 1. The van der Waals surface area contributed by atoms with E-state index in [2.05, 4.69) is 5.32 Å². The van der Waals surface area contributed by atoms with E-state index in [0.717, 1.165) is 47.5 Å². The maximum atomic E-state index is 12.5. The van der Waals surface area contributed by atoms with E-state index in [4.69, 9.17) is 10.5 Å². The van der Waals surface area contributed by atoms with Crippen LogP contribution in [-0.2, 0) is 22.4 Å². The number of carbonyl (C=O) groups excluding carboxylic acids is 3. The number of ether oxygens (including phenoxy) is 1. The smallest absolute Gasteiger partial charge is 0.349 e. The molecule has 0 radical (unpaired) electrons. The number of thioether (sulfide) groups is 1. The van der Waals surface area contributed by atoms with Crippen LogP contribution in [0.1, 0.15) is 43.3 Å². The van der Waals surface area contributed by atoms with Gasteiger partial charge >= 0.3 is 5.97 Å². The highest BCUT2D eigenvalue weighted by molar-refractivity contribution is 7.99. The van der Waals surface area contributed by atoms with Crippen molar-refractivity contribution in [3.05, 3.63) is 32.3 Å². The first-order chi connectivity index (χ1) is 13.4. The lowest BCUT2D eigenvalue weighted by atomic mass is 9.95. The molecule has 0 saturated heterocycles. The van der Waals surface area contributed by atoms with Crippen molar-refractivity contribution >= 4 is 57.2 Å². The molecule has 3 rings (SSSR count). The van der Waals surface area contributed by atoms with Crippen molar-refractivity contribution in [2.24, 2.45) is 5.73 Å². The molecule has 0 bridgehead atoms. The molecule has 3 N–H and O–H groups in total. The molecule has 2 aromatic heterocycles. The number of fused-ring (bicyclic) bond motifs is 1. The molecule has 0 aromatic carbocycles. The summed E-state index contributed by atoms with van der Waals surface area (Å²) in [5.74, 6) is -4.76. The molecule has 2 amide bonds.